The molecule has 0 aromatic rings. The molecule has 6 nitrogen and oxygen atoms in total. The molecule has 0 aromatic carbocycles. The molecule has 2 N–H and O–H groups in total. The summed E-state index contributed by atoms with van der Waals surface area (Å²) in [5, 5.41) is 23.6. The number of allylic oxidation sites excluding steroid dienone is 6. The van der Waals surface area contributed by atoms with Crippen LogP contribution in [0.25, 0.3) is 0 Å². The second kappa shape index (κ2) is 8.42. The van der Waals surface area contributed by atoms with Crippen LogP contribution in [0, 0.1) is 17.3 Å². The molecular formula is C30H42O6. The first kappa shape index (κ1) is 26.9. The molecule has 4 atom stereocenters. The Balaban J connectivity index is 2.04. The van der Waals surface area contributed by atoms with Crippen LogP contribution in [0.3, 0.4) is 0 Å². The van der Waals surface area contributed by atoms with E-state index in [1.165, 1.54) is 0 Å². The lowest BCUT2D eigenvalue weighted by Crippen LogP contribution is -2.60. The third-order valence-corrected chi connectivity index (χ3v) is 8.93. The number of epoxide rings is 1. The number of hydrogen-bond acceptors (Lipinski definition) is 6. The van der Waals surface area contributed by atoms with Gasteiger partial charge in [-0.05, 0) is 66.2 Å². The molecule has 4 aliphatic rings. The zero-order chi connectivity index (χ0) is 27.0. The van der Waals surface area contributed by atoms with Crippen molar-refractivity contribution in [2.24, 2.45) is 17.3 Å². The van der Waals surface area contributed by atoms with Gasteiger partial charge in [0.15, 0.2) is 17.2 Å². The SMILES string of the molecule is CC(C)=CCC1(CC=C(C)C)C(=O)C(C(=O)C(C)C)=C(O)C2=C1O[C@]1(C)CCC3(C(C)C)OC31[C@H]2O. The van der Waals surface area contributed by atoms with E-state index in [-0.39, 0.29) is 22.8 Å². The van der Waals surface area contributed by atoms with Crippen molar-refractivity contribution in [3.63, 3.8) is 0 Å². The van der Waals surface area contributed by atoms with Gasteiger partial charge in [0.25, 0.3) is 0 Å². The van der Waals surface area contributed by atoms with Crippen LogP contribution in [0.5, 0.6) is 0 Å². The molecule has 4 rings (SSSR count). The molecule has 1 spiro atoms. The summed E-state index contributed by atoms with van der Waals surface area (Å²) < 4.78 is 13.2. The van der Waals surface area contributed by atoms with Crippen molar-refractivity contribution in [2.45, 2.75) is 111 Å². The minimum Gasteiger partial charge on any atom is -0.507 e. The zero-order valence-electron chi connectivity index (χ0n) is 23.2. The van der Waals surface area contributed by atoms with E-state index in [1.54, 1.807) is 13.8 Å². The quantitative estimate of drug-likeness (QED) is 0.267. The summed E-state index contributed by atoms with van der Waals surface area (Å²) in [5.41, 5.74) is -1.76. The number of Topliss-reactive ketones (excluding diaryl/α,β-unsaturated/α-hetero) is 2. The number of aliphatic hydroxyl groups excluding tert-OH is 2. The third kappa shape index (κ3) is 3.29. The van der Waals surface area contributed by atoms with Crippen molar-refractivity contribution in [2.75, 3.05) is 0 Å². The fourth-order valence-corrected chi connectivity index (χ4v) is 6.72. The summed E-state index contributed by atoms with van der Waals surface area (Å²) in [6, 6.07) is 0. The highest BCUT2D eigenvalue weighted by Gasteiger charge is 2.88. The Bertz CT molecular complexity index is 1110. The van der Waals surface area contributed by atoms with Crippen molar-refractivity contribution in [3.8, 4) is 0 Å². The number of carbonyl (C=O) groups is 2. The molecular weight excluding hydrogens is 456 g/mol. The highest BCUT2D eigenvalue weighted by molar-refractivity contribution is 6.25. The molecule has 2 aliphatic carbocycles. The summed E-state index contributed by atoms with van der Waals surface area (Å²) in [6.45, 7) is 17.4. The van der Waals surface area contributed by atoms with Gasteiger partial charge in [-0.2, -0.15) is 0 Å². The molecule has 0 radical (unpaired) electrons. The topological polar surface area (TPSA) is 96.4 Å². The molecule has 2 unspecified atom stereocenters. The van der Waals surface area contributed by atoms with Crippen molar-refractivity contribution < 1.29 is 29.3 Å². The van der Waals surface area contributed by atoms with Crippen LogP contribution in [-0.2, 0) is 19.1 Å². The number of carbonyl (C=O) groups excluding carboxylic acids is 2. The minimum atomic E-state index is -1.25. The van der Waals surface area contributed by atoms with Crippen LogP contribution >= 0.6 is 0 Å². The molecule has 0 amide bonds. The number of hydrogen-bond donors (Lipinski definition) is 2. The Morgan fingerprint density at radius 1 is 1.06 bits per heavy atom. The molecule has 198 valence electrons. The average Bonchev–Trinajstić information content (AvgIpc) is 3.41. The first-order valence-corrected chi connectivity index (χ1v) is 13.2. The Kier molecular flexibility index (Phi) is 6.29. The van der Waals surface area contributed by atoms with Gasteiger partial charge >= 0.3 is 0 Å². The van der Waals surface area contributed by atoms with Gasteiger partial charge in [0, 0.05) is 5.92 Å². The third-order valence-electron chi connectivity index (χ3n) is 8.93. The monoisotopic (exact) mass is 498 g/mol. The Morgan fingerprint density at radius 3 is 2.06 bits per heavy atom. The molecule has 2 heterocycles. The van der Waals surface area contributed by atoms with Crippen LogP contribution in [0.15, 0.2) is 46.0 Å². The van der Waals surface area contributed by atoms with Gasteiger partial charge in [-0.25, -0.2) is 0 Å². The van der Waals surface area contributed by atoms with Crippen LogP contribution in [0.1, 0.15) is 88.0 Å². The van der Waals surface area contributed by atoms with Gasteiger partial charge in [0.2, 0.25) is 0 Å². The second-order valence-electron chi connectivity index (χ2n) is 12.5. The fourth-order valence-electron chi connectivity index (χ4n) is 6.72. The average molecular weight is 499 g/mol. The summed E-state index contributed by atoms with van der Waals surface area (Å²) in [4.78, 5) is 27.7. The largest absolute Gasteiger partial charge is 0.507 e. The van der Waals surface area contributed by atoms with Gasteiger partial charge < -0.3 is 19.7 Å². The minimum absolute atomic E-state index is 0.119. The number of rotatable bonds is 7. The fraction of sp³-hybridized carbons (Fsp3) is 0.667. The van der Waals surface area contributed by atoms with Gasteiger partial charge in [-0.1, -0.05) is 51.0 Å². The van der Waals surface area contributed by atoms with Gasteiger partial charge in [0.1, 0.15) is 34.4 Å². The summed E-state index contributed by atoms with van der Waals surface area (Å²) in [7, 11) is 0. The Labute approximate surface area is 215 Å². The van der Waals surface area contributed by atoms with E-state index >= 15 is 0 Å². The molecule has 1 saturated heterocycles. The maximum absolute atomic E-state index is 14.3. The summed E-state index contributed by atoms with van der Waals surface area (Å²) >= 11 is 0. The van der Waals surface area contributed by atoms with Crippen molar-refractivity contribution in [1.29, 1.82) is 0 Å². The van der Waals surface area contributed by atoms with E-state index in [2.05, 4.69) is 13.8 Å². The lowest BCUT2D eigenvalue weighted by molar-refractivity contribution is -0.144. The van der Waals surface area contributed by atoms with E-state index < -0.39 is 51.6 Å². The molecule has 0 bridgehead atoms. The molecule has 2 fully saturated rings. The smallest absolute Gasteiger partial charge is 0.184 e. The number of ether oxygens (including phenoxy) is 2. The second-order valence-corrected chi connectivity index (χ2v) is 12.5. The maximum atomic E-state index is 14.3. The van der Waals surface area contributed by atoms with Gasteiger partial charge in [-0.3, -0.25) is 9.59 Å². The van der Waals surface area contributed by atoms with E-state index in [9.17, 15) is 19.8 Å². The van der Waals surface area contributed by atoms with Gasteiger partial charge in [-0.15, -0.1) is 0 Å². The first-order valence-electron chi connectivity index (χ1n) is 13.2. The van der Waals surface area contributed by atoms with Crippen molar-refractivity contribution in [3.05, 3.63) is 46.0 Å². The lowest BCUT2D eigenvalue weighted by atomic mass is 9.62. The molecule has 1 saturated carbocycles. The summed E-state index contributed by atoms with van der Waals surface area (Å²) in [6.07, 6.45) is 4.70. The summed E-state index contributed by atoms with van der Waals surface area (Å²) in [5.74, 6) is -1.42. The first-order chi connectivity index (χ1) is 16.6. The Morgan fingerprint density at radius 2 is 1.61 bits per heavy atom. The van der Waals surface area contributed by atoms with Gasteiger partial charge in [0.05, 0.1) is 11.0 Å². The zero-order valence-corrected chi connectivity index (χ0v) is 23.2. The molecule has 6 heteroatoms. The lowest BCUT2D eigenvalue weighted by Gasteiger charge is -2.49. The van der Waals surface area contributed by atoms with Crippen LogP contribution in [0.2, 0.25) is 0 Å². The molecule has 0 aromatic heterocycles. The highest BCUT2D eigenvalue weighted by atomic mass is 16.7. The van der Waals surface area contributed by atoms with E-state index in [0.29, 0.717) is 25.7 Å². The predicted molar refractivity (Wildman–Crippen MR) is 138 cm³/mol. The number of aliphatic hydroxyl groups is 2. The molecule has 2 aliphatic heterocycles. The van der Waals surface area contributed by atoms with Crippen LogP contribution in [-0.4, -0.2) is 44.7 Å². The standard InChI is InChI=1S/C30H42O6/c1-16(2)10-12-28(13-11-17(3)4)24(33)20(22(31)18(5)6)23(32)21-25(34)30-27(9,35-26(21)28)14-15-29(30,36-30)19(7)8/h10-11,18-19,25,32,34H,12-15H2,1-9H3/t25-,27+,29?,30?/m0/s1. The van der Waals surface area contributed by atoms with Crippen molar-refractivity contribution >= 4 is 11.6 Å². The van der Waals surface area contributed by atoms with E-state index in [0.717, 1.165) is 11.1 Å². The predicted octanol–water partition coefficient (Wildman–Crippen LogP) is 5.67. The highest BCUT2D eigenvalue weighted by Crippen LogP contribution is 2.74. The van der Waals surface area contributed by atoms with Crippen molar-refractivity contribution in [1.82, 2.24) is 0 Å². The normalized spacial score (nSPS) is 34.2. The maximum Gasteiger partial charge on any atom is 0.184 e. The van der Waals surface area contributed by atoms with E-state index in [1.807, 2.05) is 46.8 Å². The van der Waals surface area contributed by atoms with Crippen LogP contribution < -0.4 is 0 Å². The van der Waals surface area contributed by atoms with E-state index in [4.69, 9.17) is 9.47 Å². The molecule has 36 heavy (non-hydrogen) atoms. The van der Waals surface area contributed by atoms with Crippen LogP contribution in [0.4, 0.5) is 0 Å². The number of ketones is 2. The Hall–Kier alpha value is -2.18.